The first-order valence-corrected chi connectivity index (χ1v) is 8.24. The van der Waals surface area contributed by atoms with Gasteiger partial charge in [0.1, 0.15) is 0 Å². The van der Waals surface area contributed by atoms with Crippen LogP contribution in [0.2, 0.25) is 0 Å². The van der Waals surface area contributed by atoms with Crippen LogP contribution in [0, 0.1) is 0 Å². The van der Waals surface area contributed by atoms with E-state index in [-0.39, 0.29) is 12.7 Å². The fourth-order valence-corrected chi connectivity index (χ4v) is 3.47. The summed E-state index contributed by atoms with van der Waals surface area (Å²) >= 11 is 0. The molecule has 0 bridgehead atoms. The maximum absolute atomic E-state index is 12.7. The first-order valence-electron chi connectivity index (χ1n) is 8.24. The van der Waals surface area contributed by atoms with Crippen molar-refractivity contribution in [3.05, 3.63) is 23.8 Å². The lowest BCUT2D eigenvalue weighted by molar-refractivity contribution is 0.0749. The summed E-state index contributed by atoms with van der Waals surface area (Å²) in [5, 5.41) is 0. The smallest absolute Gasteiger partial charge is 0.254 e. The van der Waals surface area contributed by atoms with Crippen LogP contribution in [0.4, 0.5) is 0 Å². The summed E-state index contributed by atoms with van der Waals surface area (Å²) < 4.78 is 10.7. The normalized spacial score (nSPS) is 22.3. The maximum atomic E-state index is 12.7. The molecule has 0 radical (unpaired) electrons. The second kappa shape index (κ2) is 5.80. The number of carbonyl (C=O) groups excluding carboxylic acids is 1. The van der Waals surface area contributed by atoms with Crippen molar-refractivity contribution < 1.29 is 14.3 Å². The Morgan fingerprint density at radius 3 is 2.68 bits per heavy atom. The molecule has 0 atom stereocenters. The van der Waals surface area contributed by atoms with Gasteiger partial charge in [0.25, 0.3) is 5.91 Å². The monoisotopic (exact) mass is 302 g/mol. The van der Waals surface area contributed by atoms with Gasteiger partial charge in [-0.2, -0.15) is 0 Å². The topological polar surface area (TPSA) is 42.0 Å². The standard InChI is InChI=1S/C17H22N2O3/c20-17(13-5-6-15-16(11-13)22-12-21-15)19-8-2-7-18(9-10-19)14-3-1-4-14/h5-6,11,14H,1-4,7-10,12H2. The van der Waals surface area contributed by atoms with E-state index in [9.17, 15) is 4.79 Å². The molecular weight excluding hydrogens is 280 g/mol. The third-order valence-electron chi connectivity index (χ3n) is 5.03. The van der Waals surface area contributed by atoms with E-state index in [1.807, 2.05) is 17.0 Å². The Balaban J connectivity index is 1.43. The second-order valence-corrected chi connectivity index (χ2v) is 6.33. The maximum Gasteiger partial charge on any atom is 0.254 e. The van der Waals surface area contributed by atoms with Crippen LogP contribution in [0.1, 0.15) is 36.0 Å². The zero-order chi connectivity index (χ0) is 14.9. The summed E-state index contributed by atoms with van der Waals surface area (Å²) in [5.41, 5.74) is 0.696. The van der Waals surface area contributed by atoms with Gasteiger partial charge in [0.2, 0.25) is 6.79 Å². The molecule has 118 valence electrons. The molecule has 1 amide bonds. The highest BCUT2D eigenvalue weighted by Crippen LogP contribution is 2.33. The number of rotatable bonds is 2. The van der Waals surface area contributed by atoms with Crippen molar-refractivity contribution in [3.8, 4) is 11.5 Å². The van der Waals surface area contributed by atoms with Gasteiger partial charge in [0.05, 0.1) is 0 Å². The quantitative estimate of drug-likeness (QED) is 0.839. The third-order valence-corrected chi connectivity index (χ3v) is 5.03. The van der Waals surface area contributed by atoms with Crippen LogP contribution in [-0.4, -0.2) is 54.7 Å². The van der Waals surface area contributed by atoms with Crippen LogP contribution in [0.15, 0.2) is 18.2 Å². The highest BCUT2D eigenvalue weighted by Gasteiger charge is 2.28. The lowest BCUT2D eigenvalue weighted by Crippen LogP contribution is -2.42. The Hall–Kier alpha value is -1.75. The predicted octanol–water partition coefficient (Wildman–Crippen LogP) is 2.12. The van der Waals surface area contributed by atoms with Crippen molar-refractivity contribution in [1.82, 2.24) is 9.80 Å². The van der Waals surface area contributed by atoms with Gasteiger partial charge >= 0.3 is 0 Å². The first kappa shape index (κ1) is 13.9. The SMILES string of the molecule is O=C(c1ccc2c(c1)OCO2)N1CCCN(C2CCC2)CC1. The molecule has 2 aliphatic heterocycles. The number of hydrogen-bond donors (Lipinski definition) is 0. The minimum atomic E-state index is 0.105. The molecule has 1 saturated heterocycles. The van der Waals surface area contributed by atoms with Crippen LogP contribution in [0.5, 0.6) is 11.5 Å². The van der Waals surface area contributed by atoms with Gasteiger partial charge < -0.3 is 14.4 Å². The van der Waals surface area contributed by atoms with Crippen molar-refractivity contribution in [2.24, 2.45) is 0 Å². The molecule has 1 aliphatic carbocycles. The van der Waals surface area contributed by atoms with Gasteiger partial charge in [-0.1, -0.05) is 6.42 Å². The van der Waals surface area contributed by atoms with Gasteiger partial charge in [-0.15, -0.1) is 0 Å². The Kier molecular flexibility index (Phi) is 3.66. The zero-order valence-electron chi connectivity index (χ0n) is 12.8. The second-order valence-electron chi connectivity index (χ2n) is 6.33. The molecule has 0 spiro atoms. The van der Waals surface area contributed by atoms with Crippen molar-refractivity contribution in [3.63, 3.8) is 0 Å². The summed E-state index contributed by atoms with van der Waals surface area (Å²) in [4.78, 5) is 17.3. The van der Waals surface area contributed by atoms with E-state index in [2.05, 4.69) is 4.90 Å². The third kappa shape index (κ3) is 2.54. The number of hydrogen-bond acceptors (Lipinski definition) is 4. The largest absolute Gasteiger partial charge is 0.454 e. The van der Waals surface area contributed by atoms with Gasteiger partial charge in [-0.25, -0.2) is 0 Å². The Morgan fingerprint density at radius 2 is 1.86 bits per heavy atom. The average molecular weight is 302 g/mol. The summed E-state index contributed by atoms with van der Waals surface area (Å²) in [5.74, 6) is 1.51. The van der Waals surface area contributed by atoms with Gasteiger partial charge in [0, 0.05) is 37.8 Å². The molecule has 4 rings (SSSR count). The predicted molar refractivity (Wildman–Crippen MR) is 82.3 cm³/mol. The highest BCUT2D eigenvalue weighted by molar-refractivity contribution is 5.95. The number of fused-ring (bicyclic) bond motifs is 1. The molecule has 3 aliphatic rings. The van der Waals surface area contributed by atoms with Crippen LogP contribution in [0.25, 0.3) is 0 Å². The fraction of sp³-hybridized carbons (Fsp3) is 0.588. The number of amides is 1. The molecular formula is C17H22N2O3. The Labute approximate surface area is 130 Å². The molecule has 1 aromatic rings. The highest BCUT2D eigenvalue weighted by atomic mass is 16.7. The summed E-state index contributed by atoms with van der Waals surface area (Å²) in [6, 6.07) is 6.23. The molecule has 1 saturated carbocycles. The average Bonchev–Trinajstić information content (AvgIpc) is 2.82. The zero-order valence-corrected chi connectivity index (χ0v) is 12.8. The van der Waals surface area contributed by atoms with Crippen LogP contribution >= 0.6 is 0 Å². The van der Waals surface area contributed by atoms with Crippen molar-refractivity contribution in [2.45, 2.75) is 31.7 Å². The van der Waals surface area contributed by atoms with Crippen molar-refractivity contribution >= 4 is 5.91 Å². The fourth-order valence-electron chi connectivity index (χ4n) is 3.47. The van der Waals surface area contributed by atoms with Gasteiger partial charge in [0.15, 0.2) is 11.5 Å². The number of nitrogens with zero attached hydrogens (tertiary/aromatic N) is 2. The molecule has 5 nitrogen and oxygen atoms in total. The van der Waals surface area contributed by atoms with Gasteiger partial charge in [-0.3, -0.25) is 9.69 Å². The van der Waals surface area contributed by atoms with Crippen LogP contribution in [-0.2, 0) is 0 Å². The number of benzene rings is 1. The van der Waals surface area contributed by atoms with E-state index in [1.54, 1.807) is 6.07 Å². The lowest BCUT2D eigenvalue weighted by Gasteiger charge is -2.36. The Bertz CT molecular complexity index is 571. The minimum Gasteiger partial charge on any atom is -0.454 e. The van der Waals surface area contributed by atoms with E-state index in [1.165, 1.54) is 19.3 Å². The molecule has 0 aromatic heterocycles. The van der Waals surface area contributed by atoms with Crippen molar-refractivity contribution in [2.75, 3.05) is 33.0 Å². The number of ether oxygens (including phenoxy) is 2. The molecule has 2 heterocycles. The summed E-state index contributed by atoms with van der Waals surface area (Å²) in [6.07, 6.45) is 5.08. The summed E-state index contributed by atoms with van der Waals surface area (Å²) in [7, 11) is 0. The van der Waals surface area contributed by atoms with Gasteiger partial charge in [-0.05, 0) is 37.5 Å². The lowest BCUT2D eigenvalue weighted by atomic mass is 9.91. The van der Waals surface area contributed by atoms with E-state index in [0.29, 0.717) is 11.3 Å². The Morgan fingerprint density at radius 1 is 1.00 bits per heavy atom. The van der Waals surface area contributed by atoms with E-state index in [0.717, 1.165) is 44.4 Å². The van der Waals surface area contributed by atoms with E-state index in [4.69, 9.17) is 9.47 Å². The number of carbonyl (C=O) groups is 1. The molecule has 22 heavy (non-hydrogen) atoms. The van der Waals surface area contributed by atoms with Crippen LogP contribution < -0.4 is 9.47 Å². The van der Waals surface area contributed by atoms with E-state index >= 15 is 0 Å². The molecule has 0 N–H and O–H groups in total. The molecule has 5 heteroatoms. The molecule has 1 aromatic carbocycles. The first-order chi connectivity index (χ1) is 10.8. The van der Waals surface area contributed by atoms with E-state index < -0.39 is 0 Å². The van der Waals surface area contributed by atoms with Crippen molar-refractivity contribution in [1.29, 1.82) is 0 Å². The molecule has 2 fully saturated rings. The molecule has 0 unspecified atom stereocenters. The summed E-state index contributed by atoms with van der Waals surface area (Å²) in [6.45, 7) is 4.03. The van der Waals surface area contributed by atoms with Crippen LogP contribution in [0.3, 0.4) is 0 Å². The minimum absolute atomic E-state index is 0.105.